The third-order valence-electron chi connectivity index (χ3n) is 5.09. The van der Waals surface area contributed by atoms with Crippen molar-refractivity contribution in [3.8, 4) is 17.3 Å². The number of nitrogens with zero attached hydrogens (tertiary/aromatic N) is 5. The van der Waals surface area contributed by atoms with Crippen LogP contribution in [0.2, 0.25) is 0 Å². The molecule has 0 aliphatic rings. The molecule has 0 fully saturated rings. The smallest absolute Gasteiger partial charge is 0.287 e. The lowest BCUT2D eigenvalue weighted by atomic mass is 10.0. The maximum Gasteiger partial charge on any atom is 0.287 e. The molecule has 0 amide bonds. The maximum atomic E-state index is 10.7. The van der Waals surface area contributed by atoms with Crippen LogP contribution in [-0.4, -0.2) is 33.0 Å². The fourth-order valence-electron chi connectivity index (χ4n) is 3.35. The number of aromatic nitrogens is 3. The summed E-state index contributed by atoms with van der Waals surface area (Å²) in [5, 5.41) is 30.0. The molecule has 174 valence electrons. The van der Waals surface area contributed by atoms with Gasteiger partial charge in [0.15, 0.2) is 0 Å². The Bertz CT molecular complexity index is 1340. The Kier molecular flexibility index (Phi) is 7.40. The lowest BCUT2D eigenvalue weighted by Gasteiger charge is -2.14. The summed E-state index contributed by atoms with van der Waals surface area (Å²) in [5.74, 6) is 0.943. The second kappa shape index (κ2) is 11.2. The summed E-state index contributed by atoms with van der Waals surface area (Å²) in [7, 11) is 0. The van der Waals surface area contributed by atoms with E-state index in [0.717, 1.165) is 11.3 Å². The van der Waals surface area contributed by atoms with Crippen LogP contribution in [0.5, 0.6) is 0 Å². The molecule has 0 spiro atoms. The Balaban J connectivity index is 1.47. The van der Waals surface area contributed by atoms with Crippen molar-refractivity contribution in [1.82, 2.24) is 15.0 Å². The quantitative estimate of drug-likeness (QED) is 0.175. The minimum Gasteiger partial charge on any atom is -0.378 e. The molecule has 0 saturated heterocycles. The predicted molar refractivity (Wildman–Crippen MR) is 134 cm³/mol. The van der Waals surface area contributed by atoms with E-state index in [-0.39, 0.29) is 5.69 Å². The highest BCUT2D eigenvalue weighted by Gasteiger charge is 2.13. The standard InChI is InChI=1S/C25H22N8O2/c26-14-19-8-4-5-9-21(19)24-22(29-15-18-6-2-1-3-7-18)17-31-25(32-24)28-13-12-27-23-11-10-20(16-30-23)33(34)35/h1-11,16-17,29H,12-13,15H2,(H,27,30)(H,28,31,32). The molecular weight excluding hydrogens is 444 g/mol. The van der Waals surface area contributed by atoms with E-state index in [1.165, 1.54) is 12.3 Å². The Labute approximate surface area is 201 Å². The van der Waals surface area contributed by atoms with Gasteiger partial charge in [-0.15, -0.1) is 0 Å². The fraction of sp³-hybridized carbons (Fsp3) is 0.120. The highest BCUT2D eigenvalue weighted by molar-refractivity contribution is 5.78. The van der Waals surface area contributed by atoms with Gasteiger partial charge in [0.25, 0.3) is 5.69 Å². The van der Waals surface area contributed by atoms with Crippen LogP contribution in [0.4, 0.5) is 23.1 Å². The summed E-state index contributed by atoms with van der Waals surface area (Å²) in [4.78, 5) is 23.4. The molecule has 35 heavy (non-hydrogen) atoms. The van der Waals surface area contributed by atoms with Gasteiger partial charge in [-0.3, -0.25) is 10.1 Å². The SMILES string of the molecule is N#Cc1ccccc1-c1nc(NCCNc2ccc([N+](=O)[O-])cn2)ncc1NCc1ccccc1. The summed E-state index contributed by atoms with van der Waals surface area (Å²) in [5.41, 5.74) is 3.62. The molecule has 0 unspecified atom stereocenters. The molecule has 2 heterocycles. The molecule has 0 saturated carbocycles. The molecule has 10 nitrogen and oxygen atoms in total. The molecule has 0 aliphatic carbocycles. The first-order chi connectivity index (χ1) is 17.1. The Morgan fingerprint density at radius 2 is 1.66 bits per heavy atom. The number of benzene rings is 2. The van der Waals surface area contributed by atoms with Crippen LogP contribution in [0.1, 0.15) is 11.1 Å². The molecular formula is C25H22N8O2. The van der Waals surface area contributed by atoms with Gasteiger partial charge in [-0.2, -0.15) is 5.26 Å². The number of hydrogen-bond acceptors (Lipinski definition) is 9. The summed E-state index contributed by atoms with van der Waals surface area (Å²) in [6.07, 6.45) is 2.91. The summed E-state index contributed by atoms with van der Waals surface area (Å²) in [6.45, 7) is 1.56. The highest BCUT2D eigenvalue weighted by Crippen LogP contribution is 2.29. The molecule has 0 aliphatic heterocycles. The van der Waals surface area contributed by atoms with Crippen molar-refractivity contribution in [2.24, 2.45) is 0 Å². The van der Waals surface area contributed by atoms with Crippen LogP contribution >= 0.6 is 0 Å². The van der Waals surface area contributed by atoms with Crippen LogP contribution in [0.3, 0.4) is 0 Å². The van der Waals surface area contributed by atoms with E-state index >= 15 is 0 Å². The van der Waals surface area contributed by atoms with E-state index in [1.807, 2.05) is 48.5 Å². The molecule has 2 aromatic heterocycles. The monoisotopic (exact) mass is 466 g/mol. The van der Waals surface area contributed by atoms with Gasteiger partial charge in [0.2, 0.25) is 5.95 Å². The number of rotatable bonds is 10. The highest BCUT2D eigenvalue weighted by atomic mass is 16.6. The third-order valence-corrected chi connectivity index (χ3v) is 5.09. The van der Waals surface area contributed by atoms with Crippen molar-refractivity contribution in [3.05, 3.63) is 100 Å². The Morgan fingerprint density at radius 3 is 2.40 bits per heavy atom. The van der Waals surface area contributed by atoms with Gasteiger partial charge in [-0.05, 0) is 17.7 Å². The van der Waals surface area contributed by atoms with Gasteiger partial charge in [-0.25, -0.2) is 15.0 Å². The van der Waals surface area contributed by atoms with Crippen molar-refractivity contribution >= 4 is 23.1 Å². The molecule has 0 atom stereocenters. The number of nitriles is 1. The minimum atomic E-state index is -0.490. The number of nitrogens with one attached hydrogen (secondary N) is 3. The first kappa shape index (κ1) is 23.1. The van der Waals surface area contributed by atoms with Crippen molar-refractivity contribution in [2.45, 2.75) is 6.54 Å². The van der Waals surface area contributed by atoms with Crippen molar-refractivity contribution in [2.75, 3.05) is 29.0 Å². The van der Waals surface area contributed by atoms with E-state index in [2.05, 4.69) is 37.0 Å². The van der Waals surface area contributed by atoms with Crippen LogP contribution in [0.15, 0.2) is 79.1 Å². The average Bonchev–Trinajstić information content (AvgIpc) is 2.91. The van der Waals surface area contributed by atoms with Crippen molar-refractivity contribution < 1.29 is 4.92 Å². The average molecular weight is 467 g/mol. The van der Waals surface area contributed by atoms with Crippen molar-refractivity contribution in [3.63, 3.8) is 0 Å². The number of anilines is 3. The Hall–Kier alpha value is -5.04. The third kappa shape index (κ3) is 6.06. The van der Waals surface area contributed by atoms with Gasteiger partial charge < -0.3 is 16.0 Å². The first-order valence-electron chi connectivity index (χ1n) is 10.9. The lowest BCUT2D eigenvalue weighted by Crippen LogP contribution is -2.16. The fourth-order valence-corrected chi connectivity index (χ4v) is 3.35. The topological polar surface area (TPSA) is 142 Å². The Morgan fingerprint density at radius 1 is 0.886 bits per heavy atom. The summed E-state index contributed by atoms with van der Waals surface area (Å²) in [6, 6.07) is 22.5. The predicted octanol–water partition coefficient (Wildman–Crippen LogP) is 4.45. The number of hydrogen-bond donors (Lipinski definition) is 3. The van der Waals surface area contributed by atoms with Gasteiger partial charge in [0.05, 0.1) is 28.4 Å². The first-order valence-corrected chi connectivity index (χ1v) is 10.9. The minimum absolute atomic E-state index is 0.0618. The van der Waals surface area contributed by atoms with E-state index in [1.54, 1.807) is 18.3 Å². The lowest BCUT2D eigenvalue weighted by molar-refractivity contribution is -0.385. The van der Waals surface area contributed by atoms with Gasteiger partial charge in [-0.1, -0.05) is 48.5 Å². The zero-order valence-corrected chi connectivity index (χ0v) is 18.7. The second-order valence-electron chi connectivity index (χ2n) is 7.46. The van der Waals surface area contributed by atoms with Crippen LogP contribution in [-0.2, 0) is 6.54 Å². The van der Waals surface area contributed by atoms with E-state index in [0.29, 0.717) is 48.2 Å². The summed E-state index contributed by atoms with van der Waals surface area (Å²) < 4.78 is 0. The molecule has 3 N–H and O–H groups in total. The normalized spacial score (nSPS) is 10.3. The van der Waals surface area contributed by atoms with Crippen LogP contribution in [0, 0.1) is 21.4 Å². The molecule has 2 aromatic carbocycles. The zero-order valence-electron chi connectivity index (χ0n) is 18.7. The largest absolute Gasteiger partial charge is 0.378 e. The van der Waals surface area contributed by atoms with Gasteiger partial charge in [0, 0.05) is 31.3 Å². The molecule has 10 heteroatoms. The zero-order chi connectivity index (χ0) is 24.5. The van der Waals surface area contributed by atoms with E-state index in [4.69, 9.17) is 0 Å². The molecule has 0 bridgehead atoms. The number of pyridine rings is 1. The second-order valence-corrected chi connectivity index (χ2v) is 7.46. The molecule has 4 aromatic rings. The van der Waals surface area contributed by atoms with Gasteiger partial charge >= 0.3 is 0 Å². The van der Waals surface area contributed by atoms with Crippen molar-refractivity contribution in [1.29, 1.82) is 5.26 Å². The maximum absolute atomic E-state index is 10.7. The van der Waals surface area contributed by atoms with E-state index < -0.39 is 4.92 Å². The van der Waals surface area contributed by atoms with Crippen LogP contribution < -0.4 is 16.0 Å². The van der Waals surface area contributed by atoms with Gasteiger partial charge in [0.1, 0.15) is 17.7 Å². The molecule has 0 radical (unpaired) electrons. The number of nitro groups is 1. The summed E-state index contributed by atoms with van der Waals surface area (Å²) >= 11 is 0. The van der Waals surface area contributed by atoms with Crippen LogP contribution in [0.25, 0.3) is 11.3 Å². The van der Waals surface area contributed by atoms with E-state index in [9.17, 15) is 15.4 Å². The molecule has 4 rings (SSSR count).